The lowest BCUT2D eigenvalue weighted by Gasteiger charge is -2.32. The van der Waals surface area contributed by atoms with Crippen LogP contribution in [0.3, 0.4) is 0 Å². The van der Waals surface area contributed by atoms with E-state index in [1.165, 1.54) is 6.26 Å². The molecule has 1 fully saturated rings. The number of nitrogens with zero attached hydrogens (tertiary/aromatic N) is 1. The Morgan fingerprint density at radius 3 is 2.71 bits per heavy atom. The Morgan fingerprint density at radius 1 is 1.33 bits per heavy atom. The van der Waals surface area contributed by atoms with E-state index in [1.54, 1.807) is 0 Å². The van der Waals surface area contributed by atoms with E-state index >= 15 is 0 Å². The predicted molar refractivity (Wildman–Crippen MR) is 85.2 cm³/mol. The standard InChI is InChI=1S/C14H22N2O3S2/c1-21(18,19)15-13-6-5-9-16(12-13)10-11-20(17)14-7-3-2-4-8-14/h2-4,7-8,13,15H,5-6,9-12H2,1H3. The quantitative estimate of drug-likeness (QED) is 0.838. The van der Waals surface area contributed by atoms with Crippen molar-refractivity contribution in [3.63, 3.8) is 0 Å². The summed E-state index contributed by atoms with van der Waals surface area (Å²) >= 11 is 0. The van der Waals surface area contributed by atoms with Crippen LogP contribution in [-0.4, -0.2) is 55.2 Å². The van der Waals surface area contributed by atoms with E-state index in [0.29, 0.717) is 12.3 Å². The minimum Gasteiger partial charge on any atom is -0.301 e. The van der Waals surface area contributed by atoms with Crippen LogP contribution < -0.4 is 4.72 Å². The zero-order valence-electron chi connectivity index (χ0n) is 12.2. The van der Waals surface area contributed by atoms with E-state index in [9.17, 15) is 12.6 Å². The molecule has 1 saturated heterocycles. The van der Waals surface area contributed by atoms with Crippen molar-refractivity contribution in [3.05, 3.63) is 30.3 Å². The maximum atomic E-state index is 12.2. The van der Waals surface area contributed by atoms with Gasteiger partial charge in [-0.25, -0.2) is 13.1 Å². The normalized spacial score (nSPS) is 22.0. The van der Waals surface area contributed by atoms with Gasteiger partial charge in [0.2, 0.25) is 10.0 Å². The van der Waals surface area contributed by atoms with Gasteiger partial charge in [-0.05, 0) is 31.5 Å². The summed E-state index contributed by atoms with van der Waals surface area (Å²) in [6.45, 7) is 2.36. The average Bonchev–Trinajstić information content (AvgIpc) is 2.44. The van der Waals surface area contributed by atoms with Crippen molar-refractivity contribution >= 4 is 20.8 Å². The third kappa shape index (κ3) is 5.86. The first-order chi connectivity index (χ1) is 9.94. The van der Waals surface area contributed by atoms with Crippen molar-refractivity contribution in [2.24, 2.45) is 0 Å². The molecule has 118 valence electrons. The van der Waals surface area contributed by atoms with Gasteiger partial charge >= 0.3 is 0 Å². The fourth-order valence-corrected chi connectivity index (χ4v) is 4.48. The topological polar surface area (TPSA) is 66.5 Å². The Morgan fingerprint density at radius 2 is 2.05 bits per heavy atom. The zero-order chi connectivity index (χ0) is 15.3. The number of hydrogen-bond donors (Lipinski definition) is 1. The number of hydrogen-bond acceptors (Lipinski definition) is 4. The number of piperidine rings is 1. The predicted octanol–water partition coefficient (Wildman–Crippen LogP) is 0.808. The molecule has 1 heterocycles. The summed E-state index contributed by atoms with van der Waals surface area (Å²) in [7, 11) is -4.15. The first-order valence-electron chi connectivity index (χ1n) is 7.07. The number of benzene rings is 1. The lowest BCUT2D eigenvalue weighted by atomic mass is 10.1. The molecule has 0 amide bonds. The Balaban J connectivity index is 1.82. The molecule has 1 aromatic rings. The summed E-state index contributed by atoms with van der Waals surface area (Å²) in [6, 6.07) is 9.41. The summed E-state index contributed by atoms with van der Waals surface area (Å²) in [5.41, 5.74) is 0. The van der Waals surface area contributed by atoms with Crippen LogP contribution in [0.4, 0.5) is 0 Å². The zero-order valence-corrected chi connectivity index (χ0v) is 13.8. The average molecular weight is 330 g/mol. The number of rotatable bonds is 6. The molecule has 1 aromatic carbocycles. The van der Waals surface area contributed by atoms with E-state index in [4.69, 9.17) is 0 Å². The van der Waals surface area contributed by atoms with Crippen LogP contribution >= 0.6 is 0 Å². The second-order valence-corrected chi connectivity index (χ2v) is 8.74. The molecule has 1 N–H and O–H groups in total. The second kappa shape index (κ2) is 7.49. The van der Waals surface area contributed by atoms with Gasteiger partial charge in [-0.1, -0.05) is 18.2 Å². The van der Waals surface area contributed by atoms with Crippen LogP contribution in [0, 0.1) is 0 Å². The van der Waals surface area contributed by atoms with Crippen molar-refractivity contribution in [1.29, 1.82) is 0 Å². The van der Waals surface area contributed by atoms with E-state index in [2.05, 4.69) is 9.62 Å². The second-order valence-electron chi connectivity index (χ2n) is 5.39. The minimum absolute atomic E-state index is 0.0288. The first-order valence-corrected chi connectivity index (χ1v) is 10.3. The van der Waals surface area contributed by atoms with Crippen molar-refractivity contribution in [2.45, 2.75) is 23.8 Å². The minimum atomic E-state index is -3.16. The lowest BCUT2D eigenvalue weighted by molar-refractivity contribution is 0.212. The Bertz CT molecular complexity index is 575. The van der Waals surface area contributed by atoms with E-state index < -0.39 is 20.8 Å². The highest BCUT2D eigenvalue weighted by Gasteiger charge is 2.22. The summed E-state index contributed by atoms with van der Waals surface area (Å²) in [5, 5.41) is 0. The van der Waals surface area contributed by atoms with Crippen LogP contribution in [0.5, 0.6) is 0 Å². The summed E-state index contributed by atoms with van der Waals surface area (Å²) in [4.78, 5) is 3.04. The molecular formula is C14H22N2O3S2. The van der Waals surface area contributed by atoms with Crippen LogP contribution in [0.1, 0.15) is 12.8 Å². The fraction of sp³-hybridized carbons (Fsp3) is 0.571. The molecule has 21 heavy (non-hydrogen) atoms. The van der Waals surface area contributed by atoms with Gasteiger partial charge in [0, 0.05) is 29.8 Å². The molecule has 2 atom stereocenters. The fourth-order valence-electron chi connectivity index (χ4n) is 2.56. The van der Waals surface area contributed by atoms with Crippen molar-refractivity contribution in [1.82, 2.24) is 9.62 Å². The largest absolute Gasteiger partial charge is 0.301 e. The molecule has 0 aliphatic carbocycles. The van der Waals surface area contributed by atoms with Gasteiger partial charge in [0.15, 0.2) is 0 Å². The molecule has 1 aliphatic rings. The lowest BCUT2D eigenvalue weighted by Crippen LogP contribution is -2.48. The van der Waals surface area contributed by atoms with Crippen LogP contribution in [-0.2, 0) is 20.8 Å². The Labute approximate surface area is 129 Å². The van der Waals surface area contributed by atoms with Gasteiger partial charge < -0.3 is 4.90 Å². The van der Waals surface area contributed by atoms with Crippen LogP contribution in [0.15, 0.2) is 35.2 Å². The molecule has 0 spiro atoms. The van der Waals surface area contributed by atoms with E-state index in [1.807, 2.05) is 30.3 Å². The molecule has 0 bridgehead atoms. The van der Waals surface area contributed by atoms with Gasteiger partial charge in [0.1, 0.15) is 0 Å². The molecule has 2 unspecified atom stereocenters. The Hall–Kier alpha value is -0.760. The SMILES string of the molecule is CS(=O)(=O)NC1CCCN(CCS(=O)c2ccccc2)C1. The van der Waals surface area contributed by atoms with Crippen molar-refractivity contribution in [3.8, 4) is 0 Å². The van der Waals surface area contributed by atoms with Gasteiger partial charge in [-0.3, -0.25) is 4.21 Å². The molecule has 0 radical (unpaired) electrons. The third-order valence-corrected chi connectivity index (χ3v) is 5.60. The van der Waals surface area contributed by atoms with E-state index in [0.717, 1.165) is 30.8 Å². The molecule has 5 nitrogen and oxygen atoms in total. The molecule has 0 aromatic heterocycles. The van der Waals surface area contributed by atoms with Gasteiger partial charge in [0.25, 0.3) is 0 Å². The molecule has 2 rings (SSSR count). The summed E-state index contributed by atoms with van der Waals surface area (Å²) in [5.74, 6) is 0.579. The summed E-state index contributed by atoms with van der Waals surface area (Å²) in [6.07, 6.45) is 3.02. The molecule has 0 saturated carbocycles. The smallest absolute Gasteiger partial charge is 0.208 e. The van der Waals surface area contributed by atoms with Gasteiger partial charge in [-0.15, -0.1) is 0 Å². The molecule has 7 heteroatoms. The maximum absolute atomic E-state index is 12.2. The van der Waals surface area contributed by atoms with Gasteiger partial charge in [0.05, 0.1) is 17.1 Å². The van der Waals surface area contributed by atoms with Crippen molar-refractivity contribution < 1.29 is 12.6 Å². The third-order valence-electron chi connectivity index (χ3n) is 3.49. The number of likely N-dealkylation sites (tertiary alicyclic amines) is 1. The van der Waals surface area contributed by atoms with Gasteiger partial charge in [-0.2, -0.15) is 0 Å². The number of nitrogens with one attached hydrogen (secondary N) is 1. The molecular weight excluding hydrogens is 308 g/mol. The van der Waals surface area contributed by atoms with Crippen molar-refractivity contribution in [2.75, 3.05) is 31.6 Å². The van der Waals surface area contributed by atoms with E-state index in [-0.39, 0.29) is 6.04 Å². The monoisotopic (exact) mass is 330 g/mol. The first kappa shape index (κ1) is 16.6. The van der Waals surface area contributed by atoms with Crippen LogP contribution in [0.2, 0.25) is 0 Å². The van der Waals surface area contributed by atoms with Crippen LogP contribution in [0.25, 0.3) is 0 Å². The number of sulfonamides is 1. The maximum Gasteiger partial charge on any atom is 0.208 e. The summed E-state index contributed by atoms with van der Waals surface area (Å²) < 4.78 is 37.4. The highest BCUT2D eigenvalue weighted by atomic mass is 32.2. The highest BCUT2D eigenvalue weighted by Crippen LogP contribution is 2.12. The molecule has 1 aliphatic heterocycles. The Kier molecular flexibility index (Phi) is 5.92. The highest BCUT2D eigenvalue weighted by molar-refractivity contribution is 7.88.